The summed E-state index contributed by atoms with van der Waals surface area (Å²) in [4.78, 5) is 19.1. The highest BCUT2D eigenvalue weighted by Crippen LogP contribution is 2.24. The maximum Gasteiger partial charge on any atom is 0.251 e. The van der Waals surface area contributed by atoms with Crippen molar-refractivity contribution >= 4 is 22.4 Å². The number of rotatable bonds is 6. The second-order valence-electron chi connectivity index (χ2n) is 5.72. The number of aromatic nitrogens is 1. The summed E-state index contributed by atoms with van der Waals surface area (Å²) in [7, 11) is 0. The molecule has 1 aromatic carbocycles. The topological polar surface area (TPSA) is 71.2 Å². The van der Waals surface area contributed by atoms with E-state index in [-0.39, 0.29) is 5.91 Å². The third-order valence-electron chi connectivity index (χ3n) is 4.03. The van der Waals surface area contributed by atoms with Crippen LogP contribution in [0, 0.1) is 0 Å². The molecule has 0 radical (unpaired) electrons. The Morgan fingerprint density at radius 2 is 2.00 bits per heavy atom. The standard InChI is InChI=1S/C17H22N4OS/c18-11-13-3-5-14(6-4-13)16(22)19-8-7-15-12-23-17(20-15)21-9-1-2-10-21/h3-6,12H,1-2,7-11,18H2,(H,19,22). The van der Waals surface area contributed by atoms with E-state index >= 15 is 0 Å². The van der Waals surface area contributed by atoms with Gasteiger partial charge in [0.25, 0.3) is 5.91 Å². The van der Waals surface area contributed by atoms with Crippen LogP contribution < -0.4 is 16.0 Å². The molecule has 2 aromatic rings. The van der Waals surface area contributed by atoms with Crippen LogP contribution in [-0.2, 0) is 13.0 Å². The molecule has 1 saturated heterocycles. The number of nitrogens with one attached hydrogen (secondary N) is 1. The molecule has 0 bridgehead atoms. The Kier molecular flexibility index (Phi) is 5.25. The lowest BCUT2D eigenvalue weighted by Gasteiger charge is -2.12. The SMILES string of the molecule is NCc1ccc(C(=O)NCCc2csc(N3CCCC3)n2)cc1. The van der Waals surface area contributed by atoms with Gasteiger partial charge in [-0.1, -0.05) is 12.1 Å². The molecule has 0 atom stereocenters. The number of hydrogen-bond donors (Lipinski definition) is 2. The summed E-state index contributed by atoms with van der Waals surface area (Å²) in [5.74, 6) is -0.0523. The van der Waals surface area contributed by atoms with Crippen molar-refractivity contribution in [1.82, 2.24) is 10.3 Å². The lowest BCUT2D eigenvalue weighted by atomic mass is 10.1. The molecule has 1 fully saturated rings. The zero-order chi connectivity index (χ0) is 16.1. The Hall–Kier alpha value is -1.92. The van der Waals surface area contributed by atoms with Gasteiger partial charge < -0.3 is 16.0 Å². The van der Waals surface area contributed by atoms with Gasteiger partial charge >= 0.3 is 0 Å². The molecule has 3 rings (SSSR count). The van der Waals surface area contributed by atoms with Gasteiger partial charge in [-0.25, -0.2) is 4.98 Å². The first-order valence-corrected chi connectivity index (χ1v) is 8.91. The van der Waals surface area contributed by atoms with E-state index in [0.29, 0.717) is 18.7 Å². The molecule has 6 heteroatoms. The van der Waals surface area contributed by atoms with Gasteiger partial charge in [-0.05, 0) is 30.5 Å². The third-order valence-corrected chi connectivity index (χ3v) is 4.98. The Morgan fingerprint density at radius 3 is 2.70 bits per heavy atom. The number of carbonyl (C=O) groups is 1. The predicted octanol–water partition coefficient (Wildman–Crippen LogP) is 2.17. The molecule has 1 aliphatic heterocycles. The Labute approximate surface area is 140 Å². The van der Waals surface area contributed by atoms with Crippen LogP contribution in [0.15, 0.2) is 29.6 Å². The molecule has 2 heterocycles. The van der Waals surface area contributed by atoms with Crippen molar-refractivity contribution in [1.29, 1.82) is 0 Å². The number of anilines is 1. The van der Waals surface area contributed by atoms with E-state index in [4.69, 9.17) is 5.73 Å². The zero-order valence-electron chi connectivity index (χ0n) is 13.1. The van der Waals surface area contributed by atoms with Gasteiger partial charge in [0.15, 0.2) is 5.13 Å². The quantitative estimate of drug-likeness (QED) is 0.851. The van der Waals surface area contributed by atoms with E-state index in [0.717, 1.165) is 35.9 Å². The number of nitrogens with two attached hydrogens (primary N) is 1. The van der Waals surface area contributed by atoms with Crippen molar-refractivity contribution < 1.29 is 4.79 Å². The summed E-state index contributed by atoms with van der Waals surface area (Å²) < 4.78 is 0. The number of benzene rings is 1. The molecule has 0 aliphatic carbocycles. The highest BCUT2D eigenvalue weighted by atomic mass is 32.1. The first-order chi connectivity index (χ1) is 11.3. The summed E-state index contributed by atoms with van der Waals surface area (Å²) in [5, 5.41) is 6.15. The summed E-state index contributed by atoms with van der Waals surface area (Å²) in [5.41, 5.74) is 8.30. The first kappa shape index (κ1) is 16.0. The minimum Gasteiger partial charge on any atom is -0.352 e. The molecule has 23 heavy (non-hydrogen) atoms. The second-order valence-corrected chi connectivity index (χ2v) is 6.56. The van der Waals surface area contributed by atoms with Crippen LogP contribution in [0.25, 0.3) is 0 Å². The minimum absolute atomic E-state index is 0.0523. The number of hydrogen-bond acceptors (Lipinski definition) is 5. The van der Waals surface area contributed by atoms with E-state index in [1.807, 2.05) is 24.3 Å². The van der Waals surface area contributed by atoms with Gasteiger partial charge in [0, 0.05) is 43.5 Å². The van der Waals surface area contributed by atoms with Gasteiger partial charge in [-0.3, -0.25) is 4.79 Å². The van der Waals surface area contributed by atoms with Crippen LogP contribution >= 0.6 is 11.3 Å². The molecule has 1 aromatic heterocycles. The fourth-order valence-corrected chi connectivity index (χ4v) is 3.58. The smallest absolute Gasteiger partial charge is 0.251 e. The molecule has 0 spiro atoms. The van der Waals surface area contributed by atoms with Crippen molar-refractivity contribution in [2.75, 3.05) is 24.5 Å². The van der Waals surface area contributed by atoms with E-state index in [2.05, 4.69) is 20.6 Å². The van der Waals surface area contributed by atoms with E-state index in [1.165, 1.54) is 12.8 Å². The largest absolute Gasteiger partial charge is 0.352 e. The normalized spacial score (nSPS) is 14.2. The highest BCUT2D eigenvalue weighted by Gasteiger charge is 2.15. The average Bonchev–Trinajstić information content (AvgIpc) is 3.26. The van der Waals surface area contributed by atoms with Gasteiger partial charge in [0.2, 0.25) is 0 Å². The number of amides is 1. The summed E-state index contributed by atoms with van der Waals surface area (Å²) in [6.45, 7) is 3.32. The van der Waals surface area contributed by atoms with Gasteiger partial charge in [0.05, 0.1) is 5.69 Å². The van der Waals surface area contributed by atoms with Crippen molar-refractivity contribution in [2.45, 2.75) is 25.8 Å². The fourth-order valence-electron chi connectivity index (χ4n) is 2.66. The molecule has 3 N–H and O–H groups in total. The summed E-state index contributed by atoms with van der Waals surface area (Å²) in [6.07, 6.45) is 3.28. The minimum atomic E-state index is -0.0523. The average molecular weight is 330 g/mol. The third kappa shape index (κ3) is 4.09. The molecule has 0 unspecified atom stereocenters. The molecule has 1 aliphatic rings. The van der Waals surface area contributed by atoms with E-state index in [9.17, 15) is 4.79 Å². The van der Waals surface area contributed by atoms with Gasteiger partial charge in [0.1, 0.15) is 0 Å². The number of thiazole rings is 1. The summed E-state index contributed by atoms with van der Waals surface area (Å²) >= 11 is 1.70. The van der Waals surface area contributed by atoms with Crippen LogP contribution in [0.5, 0.6) is 0 Å². The lowest BCUT2D eigenvalue weighted by Crippen LogP contribution is -2.25. The molecule has 0 saturated carbocycles. The maximum absolute atomic E-state index is 12.1. The lowest BCUT2D eigenvalue weighted by molar-refractivity contribution is 0.0954. The van der Waals surface area contributed by atoms with Crippen molar-refractivity contribution in [3.8, 4) is 0 Å². The Morgan fingerprint density at radius 1 is 1.26 bits per heavy atom. The highest BCUT2D eigenvalue weighted by molar-refractivity contribution is 7.13. The second kappa shape index (κ2) is 7.57. The van der Waals surface area contributed by atoms with Gasteiger partial charge in [-0.15, -0.1) is 11.3 Å². The summed E-state index contributed by atoms with van der Waals surface area (Å²) in [6, 6.07) is 7.40. The number of carbonyl (C=O) groups excluding carboxylic acids is 1. The molecule has 1 amide bonds. The van der Waals surface area contributed by atoms with Crippen molar-refractivity contribution in [3.05, 3.63) is 46.5 Å². The molecular weight excluding hydrogens is 308 g/mol. The van der Waals surface area contributed by atoms with Crippen LogP contribution in [0.1, 0.15) is 34.5 Å². The van der Waals surface area contributed by atoms with Crippen molar-refractivity contribution in [3.63, 3.8) is 0 Å². The molecule has 5 nitrogen and oxygen atoms in total. The van der Waals surface area contributed by atoms with Crippen LogP contribution in [0.2, 0.25) is 0 Å². The van der Waals surface area contributed by atoms with Crippen LogP contribution in [0.3, 0.4) is 0 Å². The van der Waals surface area contributed by atoms with Crippen LogP contribution in [-0.4, -0.2) is 30.5 Å². The Bertz CT molecular complexity index is 647. The van der Waals surface area contributed by atoms with E-state index in [1.54, 1.807) is 11.3 Å². The maximum atomic E-state index is 12.1. The molecule has 122 valence electrons. The molecular formula is C17H22N4OS. The van der Waals surface area contributed by atoms with Crippen LogP contribution in [0.4, 0.5) is 5.13 Å². The fraction of sp³-hybridized carbons (Fsp3) is 0.412. The first-order valence-electron chi connectivity index (χ1n) is 8.03. The van der Waals surface area contributed by atoms with Crippen molar-refractivity contribution in [2.24, 2.45) is 5.73 Å². The zero-order valence-corrected chi connectivity index (χ0v) is 13.9. The predicted molar refractivity (Wildman–Crippen MR) is 93.9 cm³/mol. The monoisotopic (exact) mass is 330 g/mol. The number of nitrogens with zero attached hydrogens (tertiary/aromatic N) is 2. The van der Waals surface area contributed by atoms with Gasteiger partial charge in [-0.2, -0.15) is 0 Å². The van der Waals surface area contributed by atoms with E-state index < -0.39 is 0 Å². The Balaban J connectivity index is 1.47.